The molecule has 1 aromatic carbocycles. The molecule has 0 bridgehead atoms. The van der Waals surface area contributed by atoms with Crippen molar-refractivity contribution in [2.24, 2.45) is 11.3 Å². The van der Waals surface area contributed by atoms with Crippen LogP contribution in [0.3, 0.4) is 0 Å². The van der Waals surface area contributed by atoms with Gasteiger partial charge in [0.2, 0.25) is 0 Å². The van der Waals surface area contributed by atoms with Gasteiger partial charge in [-0.3, -0.25) is 4.79 Å². The van der Waals surface area contributed by atoms with Crippen molar-refractivity contribution in [1.82, 2.24) is 0 Å². The molecule has 0 saturated heterocycles. The average molecular weight is 367 g/mol. The van der Waals surface area contributed by atoms with E-state index in [1.54, 1.807) is 6.92 Å². The summed E-state index contributed by atoms with van der Waals surface area (Å²) >= 11 is 6.51. The maximum Gasteiger partial charge on any atom is 0.309 e. The zero-order chi connectivity index (χ0) is 18.6. The van der Waals surface area contributed by atoms with Crippen LogP contribution in [0, 0.1) is 11.3 Å². The van der Waals surface area contributed by atoms with E-state index in [9.17, 15) is 20.1 Å². The van der Waals surface area contributed by atoms with Crippen LogP contribution < -0.4 is 0 Å². The number of aliphatic hydroxyl groups is 2. The quantitative estimate of drug-likeness (QED) is 0.765. The van der Waals surface area contributed by atoms with Gasteiger partial charge in [-0.15, -0.1) is 0 Å². The third-order valence-corrected chi connectivity index (χ3v) is 7.02. The minimum Gasteiger partial charge on any atom is -0.481 e. The second-order valence-corrected chi connectivity index (χ2v) is 8.82. The highest BCUT2D eigenvalue weighted by Gasteiger charge is 2.57. The lowest BCUT2D eigenvalue weighted by atomic mass is 9.49. The maximum absolute atomic E-state index is 12.0. The Morgan fingerprint density at radius 3 is 2.64 bits per heavy atom. The molecular formula is C20H27ClO4. The number of aliphatic hydroxyl groups excluding tert-OH is 2. The van der Waals surface area contributed by atoms with Crippen LogP contribution in [-0.4, -0.2) is 34.0 Å². The molecule has 0 spiro atoms. The molecule has 2 aliphatic carbocycles. The standard InChI is InChI=1S/C20H27ClO4/c1-11(10-22)14-6-12-4-5-17-19(2,15(12)7-16(14)21)8-13(23)9-20(17,3)18(24)25/h6-7,11,13,17,22-23H,4-5,8-10H2,1-3H3,(H,24,25). The van der Waals surface area contributed by atoms with Gasteiger partial charge in [0.15, 0.2) is 0 Å². The Morgan fingerprint density at radius 1 is 1.36 bits per heavy atom. The van der Waals surface area contributed by atoms with Gasteiger partial charge >= 0.3 is 5.97 Å². The molecule has 3 N–H and O–H groups in total. The zero-order valence-electron chi connectivity index (χ0n) is 15.1. The molecule has 1 aromatic rings. The Labute approximate surface area is 153 Å². The third kappa shape index (κ3) is 2.79. The van der Waals surface area contributed by atoms with Gasteiger partial charge in [0.25, 0.3) is 0 Å². The van der Waals surface area contributed by atoms with E-state index in [4.69, 9.17) is 11.6 Å². The van der Waals surface area contributed by atoms with Gasteiger partial charge in [-0.2, -0.15) is 0 Å². The Kier molecular flexibility index (Phi) is 4.68. The largest absolute Gasteiger partial charge is 0.481 e. The molecule has 0 aliphatic heterocycles. The van der Waals surface area contributed by atoms with Crippen molar-refractivity contribution in [3.63, 3.8) is 0 Å². The second-order valence-electron chi connectivity index (χ2n) is 8.41. The number of carboxylic acids is 1. The number of halogens is 1. The molecule has 2 aliphatic rings. The molecule has 0 amide bonds. The Balaban J connectivity index is 2.13. The molecule has 0 radical (unpaired) electrons. The van der Waals surface area contributed by atoms with Crippen molar-refractivity contribution in [3.8, 4) is 0 Å². The Hall–Kier alpha value is -1.10. The van der Waals surface area contributed by atoms with Gasteiger partial charge in [-0.05, 0) is 66.7 Å². The summed E-state index contributed by atoms with van der Waals surface area (Å²) in [6, 6.07) is 4.02. The Bertz CT molecular complexity index is 703. The fourth-order valence-electron chi connectivity index (χ4n) is 5.36. The van der Waals surface area contributed by atoms with E-state index in [0.717, 1.165) is 24.0 Å². The average Bonchev–Trinajstić information content (AvgIpc) is 2.53. The zero-order valence-corrected chi connectivity index (χ0v) is 15.8. The normalized spacial score (nSPS) is 35.6. The smallest absolute Gasteiger partial charge is 0.309 e. The van der Waals surface area contributed by atoms with Gasteiger partial charge in [-0.25, -0.2) is 0 Å². The molecule has 5 heteroatoms. The first-order valence-corrected chi connectivity index (χ1v) is 9.36. The number of carboxylic acid groups (broad SMARTS) is 1. The summed E-state index contributed by atoms with van der Waals surface area (Å²) in [6.45, 7) is 5.82. The summed E-state index contributed by atoms with van der Waals surface area (Å²) in [7, 11) is 0. The van der Waals surface area contributed by atoms with Gasteiger partial charge in [0, 0.05) is 17.5 Å². The van der Waals surface area contributed by atoms with E-state index in [0.29, 0.717) is 17.9 Å². The van der Waals surface area contributed by atoms with Crippen LogP contribution >= 0.6 is 11.6 Å². The van der Waals surface area contributed by atoms with Gasteiger partial charge in [0.05, 0.1) is 11.5 Å². The number of hydrogen-bond donors (Lipinski definition) is 3. The number of carbonyl (C=O) groups is 1. The molecule has 1 saturated carbocycles. The summed E-state index contributed by atoms with van der Waals surface area (Å²) < 4.78 is 0. The topological polar surface area (TPSA) is 77.8 Å². The number of aryl methyl sites for hydroxylation is 1. The first-order chi connectivity index (χ1) is 11.6. The van der Waals surface area contributed by atoms with Crippen molar-refractivity contribution >= 4 is 17.6 Å². The lowest BCUT2D eigenvalue weighted by Gasteiger charge is -2.55. The number of fused-ring (bicyclic) bond motifs is 3. The van der Waals surface area contributed by atoms with E-state index < -0.39 is 22.9 Å². The summed E-state index contributed by atoms with van der Waals surface area (Å²) in [6.07, 6.45) is 1.80. The number of aliphatic carboxylic acids is 1. The van der Waals surface area contributed by atoms with E-state index in [-0.39, 0.29) is 18.4 Å². The monoisotopic (exact) mass is 366 g/mol. The number of hydrogen-bond acceptors (Lipinski definition) is 3. The lowest BCUT2D eigenvalue weighted by Crippen LogP contribution is -2.56. The summed E-state index contributed by atoms with van der Waals surface area (Å²) in [5.74, 6) is -0.905. The molecule has 0 aromatic heterocycles. The highest BCUT2D eigenvalue weighted by molar-refractivity contribution is 6.31. The molecule has 4 nitrogen and oxygen atoms in total. The second kappa shape index (κ2) is 6.26. The molecule has 25 heavy (non-hydrogen) atoms. The van der Waals surface area contributed by atoms with Crippen LogP contribution in [0.2, 0.25) is 5.02 Å². The van der Waals surface area contributed by atoms with E-state index >= 15 is 0 Å². The first kappa shape index (κ1) is 18.7. The highest BCUT2D eigenvalue weighted by Crippen LogP contribution is 2.58. The summed E-state index contributed by atoms with van der Waals surface area (Å²) in [4.78, 5) is 12.0. The van der Waals surface area contributed by atoms with Crippen molar-refractivity contribution in [2.45, 2.75) is 63.9 Å². The van der Waals surface area contributed by atoms with Crippen LogP contribution in [-0.2, 0) is 16.6 Å². The maximum atomic E-state index is 12.0. The minimum atomic E-state index is -0.937. The van der Waals surface area contributed by atoms with Crippen molar-refractivity contribution < 1.29 is 20.1 Å². The Morgan fingerprint density at radius 2 is 2.04 bits per heavy atom. The van der Waals surface area contributed by atoms with Crippen LogP contribution in [0.4, 0.5) is 0 Å². The van der Waals surface area contributed by atoms with E-state index in [1.165, 1.54) is 5.56 Å². The van der Waals surface area contributed by atoms with Gasteiger partial charge < -0.3 is 15.3 Å². The van der Waals surface area contributed by atoms with Crippen molar-refractivity contribution in [3.05, 3.63) is 33.8 Å². The van der Waals surface area contributed by atoms with Crippen LogP contribution in [0.15, 0.2) is 12.1 Å². The SMILES string of the molecule is CC(CO)c1cc2c(cc1Cl)C1(C)CC(O)CC(C)(C(=O)O)C1CC2. The van der Waals surface area contributed by atoms with Crippen LogP contribution in [0.5, 0.6) is 0 Å². The van der Waals surface area contributed by atoms with E-state index in [2.05, 4.69) is 13.0 Å². The van der Waals surface area contributed by atoms with Gasteiger partial charge in [-0.1, -0.05) is 31.5 Å². The predicted molar refractivity (Wildman–Crippen MR) is 97.1 cm³/mol. The van der Waals surface area contributed by atoms with E-state index in [1.807, 2.05) is 13.0 Å². The summed E-state index contributed by atoms with van der Waals surface area (Å²) in [5.41, 5.74) is 1.81. The molecule has 138 valence electrons. The number of benzene rings is 1. The molecule has 5 atom stereocenters. The molecule has 5 unspecified atom stereocenters. The van der Waals surface area contributed by atoms with Crippen LogP contribution in [0.1, 0.15) is 62.6 Å². The summed E-state index contributed by atoms with van der Waals surface area (Å²) in [5, 5.41) is 30.4. The fourth-order valence-corrected chi connectivity index (χ4v) is 5.71. The first-order valence-electron chi connectivity index (χ1n) is 8.98. The number of rotatable bonds is 3. The molecule has 1 fully saturated rings. The molecule has 3 rings (SSSR count). The molecule has 0 heterocycles. The molecular weight excluding hydrogens is 340 g/mol. The third-order valence-electron chi connectivity index (χ3n) is 6.69. The van der Waals surface area contributed by atoms with Crippen LogP contribution in [0.25, 0.3) is 0 Å². The fraction of sp³-hybridized carbons (Fsp3) is 0.650. The van der Waals surface area contributed by atoms with Crippen molar-refractivity contribution in [2.75, 3.05) is 6.61 Å². The highest BCUT2D eigenvalue weighted by atomic mass is 35.5. The predicted octanol–water partition coefficient (Wildman–Crippen LogP) is 3.50. The minimum absolute atomic E-state index is 0.0359. The van der Waals surface area contributed by atoms with Gasteiger partial charge in [0.1, 0.15) is 0 Å². The van der Waals surface area contributed by atoms with Crippen molar-refractivity contribution in [1.29, 1.82) is 0 Å². The lowest BCUT2D eigenvalue weighted by molar-refractivity contribution is -0.162.